The van der Waals surface area contributed by atoms with E-state index >= 15 is 0 Å². The second kappa shape index (κ2) is 11.6. The van der Waals surface area contributed by atoms with E-state index in [4.69, 9.17) is 15.6 Å². The Kier molecular flexibility index (Phi) is 8.34. The number of nitrogens with zero attached hydrogens (tertiary/aromatic N) is 3. The van der Waals surface area contributed by atoms with Crippen LogP contribution in [0.1, 0.15) is 38.8 Å². The third-order valence-corrected chi connectivity index (χ3v) is 6.95. The summed E-state index contributed by atoms with van der Waals surface area (Å²) in [5.74, 6) is 1.69. The Morgan fingerprint density at radius 1 is 1.12 bits per heavy atom. The van der Waals surface area contributed by atoms with Crippen molar-refractivity contribution >= 4 is 29.7 Å². The number of fused-ring (bicyclic) bond motifs is 1. The number of nitrogens with two attached hydrogens (primary N) is 1. The van der Waals surface area contributed by atoms with Gasteiger partial charge in [0.05, 0.1) is 25.5 Å². The average molecular weight is 483 g/mol. The molecule has 1 unspecified atom stereocenters. The Morgan fingerprint density at radius 3 is 2.59 bits per heavy atom. The minimum Gasteiger partial charge on any atom is -0.462 e. The third-order valence-electron chi connectivity index (χ3n) is 6.01. The Labute approximate surface area is 203 Å². The molecule has 0 saturated carbocycles. The molecule has 9 heteroatoms. The van der Waals surface area contributed by atoms with E-state index in [1.807, 2.05) is 65.3 Å². The summed E-state index contributed by atoms with van der Waals surface area (Å²) < 4.78 is 4.96. The van der Waals surface area contributed by atoms with E-state index in [0.717, 1.165) is 47.7 Å². The standard InChI is InChI=1S/C25H30N4O4S/c26-25-22-15-21(6-5-19(22)7-8-28(25)17-23(31)33-12-11-30)24(32)20-3-1-18(2-4-20)16-27-29-9-13-34-14-10-29/h1-6,15-16,25,30H,7-14,17,26H2. The van der Waals surface area contributed by atoms with Crippen LogP contribution < -0.4 is 5.73 Å². The number of hydrogen-bond donors (Lipinski definition) is 2. The van der Waals surface area contributed by atoms with Gasteiger partial charge in [0.15, 0.2) is 5.78 Å². The molecular weight excluding hydrogens is 452 g/mol. The number of thioether (sulfide) groups is 1. The van der Waals surface area contributed by atoms with Crippen molar-refractivity contribution in [2.75, 3.05) is 50.9 Å². The van der Waals surface area contributed by atoms with Gasteiger partial charge < -0.3 is 15.6 Å². The van der Waals surface area contributed by atoms with Crippen LogP contribution >= 0.6 is 11.8 Å². The lowest BCUT2D eigenvalue weighted by Gasteiger charge is -2.34. The summed E-state index contributed by atoms with van der Waals surface area (Å²) in [5.41, 5.74) is 10.5. The first kappa shape index (κ1) is 24.4. The lowest BCUT2D eigenvalue weighted by Crippen LogP contribution is -2.43. The minimum atomic E-state index is -0.509. The molecule has 0 aliphatic carbocycles. The molecule has 2 aromatic carbocycles. The SMILES string of the molecule is NC1c2cc(C(=O)c3ccc(C=NN4CCSCC4)cc3)ccc2CCN1CC(=O)OCCO. The normalized spacial score (nSPS) is 18.6. The molecule has 0 aromatic heterocycles. The van der Waals surface area contributed by atoms with Gasteiger partial charge in [-0.15, -0.1) is 0 Å². The van der Waals surface area contributed by atoms with Gasteiger partial charge in [-0.1, -0.05) is 36.4 Å². The van der Waals surface area contributed by atoms with E-state index in [9.17, 15) is 9.59 Å². The van der Waals surface area contributed by atoms with E-state index in [0.29, 0.717) is 17.7 Å². The molecule has 2 heterocycles. The summed E-state index contributed by atoms with van der Waals surface area (Å²) in [7, 11) is 0. The van der Waals surface area contributed by atoms with Gasteiger partial charge in [0, 0.05) is 42.3 Å². The molecule has 0 radical (unpaired) electrons. The molecule has 2 aromatic rings. The van der Waals surface area contributed by atoms with Crippen LogP contribution in [0.3, 0.4) is 0 Å². The molecule has 0 amide bonds. The maximum absolute atomic E-state index is 13.1. The van der Waals surface area contributed by atoms with E-state index in [1.165, 1.54) is 0 Å². The predicted octanol–water partition coefficient (Wildman–Crippen LogP) is 1.65. The predicted molar refractivity (Wildman–Crippen MR) is 133 cm³/mol. The molecule has 8 nitrogen and oxygen atoms in total. The van der Waals surface area contributed by atoms with Crippen LogP contribution in [0.25, 0.3) is 0 Å². The van der Waals surface area contributed by atoms with E-state index in [-0.39, 0.29) is 25.5 Å². The molecule has 34 heavy (non-hydrogen) atoms. The fourth-order valence-corrected chi connectivity index (χ4v) is 4.98. The van der Waals surface area contributed by atoms with Crippen LogP contribution in [0.2, 0.25) is 0 Å². The van der Waals surface area contributed by atoms with Crippen LogP contribution in [0.15, 0.2) is 47.6 Å². The van der Waals surface area contributed by atoms with Crippen molar-refractivity contribution in [3.05, 3.63) is 70.3 Å². The highest BCUT2D eigenvalue weighted by molar-refractivity contribution is 7.99. The monoisotopic (exact) mass is 482 g/mol. The van der Waals surface area contributed by atoms with Crippen molar-refractivity contribution in [1.29, 1.82) is 0 Å². The summed E-state index contributed by atoms with van der Waals surface area (Å²) in [5, 5.41) is 15.4. The summed E-state index contributed by atoms with van der Waals surface area (Å²) in [6.07, 6.45) is 2.06. The van der Waals surface area contributed by atoms with Crippen molar-refractivity contribution in [2.24, 2.45) is 10.8 Å². The number of aliphatic hydroxyl groups is 1. The van der Waals surface area contributed by atoms with Crippen molar-refractivity contribution in [1.82, 2.24) is 9.91 Å². The Balaban J connectivity index is 1.43. The summed E-state index contributed by atoms with van der Waals surface area (Å²) >= 11 is 1.94. The molecule has 2 aliphatic heterocycles. The van der Waals surface area contributed by atoms with Crippen LogP contribution in [-0.4, -0.2) is 83.9 Å². The van der Waals surface area contributed by atoms with Gasteiger partial charge in [-0.25, -0.2) is 0 Å². The largest absolute Gasteiger partial charge is 0.462 e. The lowest BCUT2D eigenvalue weighted by molar-refractivity contribution is -0.146. The average Bonchev–Trinajstić information content (AvgIpc) is 2.88. The Morgan fingerprint density at radius 2 is 1.85 bits per heavy atom. The summed E-state index contributed by atoms with van der Waals surface area (Å²) in [6, 6.07) is 13.1. The number of hydrogen-bond acceptors (Lipinski definition) is 9. The summed E-state index contributed by atoms with van der Waals surface area (Å²) in [4.78, 5) is 26.9. The van der Waals surface area contributed by atoms with Crippen molar-refractivity contribution in [2.45, 2.75) is 12.6 Å². The Bertz CT molecular complexity index is 1040. The highest BCUT2D eigenvalue weighted by Crippen LogP contribution is 2.28. The first-order valence-corrected chi connectivity index (χ1v) is 12.6. The molecule has 4 rings (SSSR count). The maximum atomic E-state index is 13.1. The highest BCUT2D eigenvalue weighted by Gasteiger charge is 2.27. The smallest absolute Gasteiger partial charge is 0.320 e. The first-order valence-electron chi connectivity index (χ1n) is 11.5. The number of aliphatic hydroxyl groups excluding tert-OH is 1. The molecule has 180 valence electrons. The number of esters is 1. The number of benzene rings is 2. The zero-order chi connectivity index (χ0) is 23.9. The first-order chi connectivity index (χ1) is 16.5. The highest BCUT2D eigenvalue weighted by atomic mass is 32.2. The van der Waals surface area contributed by atoms with Gasteiger partial charge in [-0.3, -0.25) is 19.5 Å². The number of ketones is 1. The molecule has 0 bridgehead atoms. The van der Waals surface area contributed by atoms with Gasteiger partial charge in [0.1, 0.15) is 6.61 Å². The Hall–Kier alpha value is -2.72. The van der Waals surface area contributed by atoms with Gasteiger partial charge in [0.2, 0.25) is 0 Å². The van der Waals surface area contributed by atoms with Gasteiger partial charge in [0.25, 0.3) is 0 Å². The van der Waals surface area contributed by atoms with Gasteiger partial charge >= 0.3 is 5.97 Å². The molecular formula is C25H30N4O4S. The maximum Gasteiger partial charge on any atom is 0.320 e. The van der Waals surface area contributed by atoms with Gasteiger partial charge in [-0.05, 0) is 29.2 Å². The second-order valence-corrected chi connectivity index (χ2v) is 9.51. The third kappa shape index (κ3) is 6.04. The topological polar surface area (TPSA) is 108 Å². The number of carbonyl (C=O) groups is 2. The zero-order valence-electron chi connectivity index (χ0n) is 19.1. The van der Waals surface area contributed by atoms with Crippen molar-refractivity contribution in [3.63, 3.8) is 0 Å². The molecule has 1 fully saturated rings. The van der Waals surface area contributed by atoms with Crippen LogP contribution in [0.4, 0.5) is 0 Å². The fourth-order valence-electron chi connectivity index (χ4n) is 4.09. The number of hydrazone groups is 1. The minimum absolute atomic E-state index is 0.0286. The number of rotatable bonds is 8. The fraction of sp³-hybridized carbons (Fsp3) is 0.400. The number of carbonyl (C=O) groups excluding carboxylic acids is 2. The lowest BCUT2D eigenvalue weighted by atomic mass is 9.92. The summed E-state index contributed by atoms with van der Waals surface area (Å²) in [6.45, 7) is 2.34. The van der Waals surface area contributed by atoms with Crippen LogP contribution in [-0.2, 0) is 16.0 Å². The molecule has 1 atom stereocenters. The second-order valence-electron chi connectivity index (χ2n) is 8.28. The molecule has 2 aliphatic rings. The van der Waals surface area contributed by atoms with Gasteiger partial charge in [-0.2, -0.15) is 16.9 Å². The quantitative estimate of drug-likeness (QED) is 0.332. The van der Waals surface area contributed by atoms with E-state index in [2.05, 4.69) is 10.1 Å². The number of ether oxygens (including phenoxy) is 1. The van der Waals surface area contributed by atoms with E-state index in [1.54, 1.807) is 0 Å². The van der Waals surface area contributed by atoms with Crippen LogP contribution in [0.5, 0.6) is 0 Å². The van der Waals surface area contributed by atoms with Crippen LogP contribution in [0, 0.1) is 0 Å². The zero-order valence-corrected chi connectivity index (χ0v) is 19.9. The van der Waals surface area contributed by atoms with Crippen molar-refractivity contribution in [3.8, 4) is 0 Å². The van der Waals surface area contributed by atoms with E-state index < -0.39 is 12.1 Å². The molecule has 1 saturated heterocycles. The molecule has 0 spiro atoms. The van der Waals surface area contributed by atoms with Crippen molar-refractivity contribution < 1.29 is 19.4 Å². The molecule has 3 N–H and O–H groups in total.